The number of hydrogen-bond donors (Lipinski definition) is 2. The first-order valence-corrected chi connectivity index (χ1v) is 6.49. The van der Waals surface area contributed by atoms with Gasteiger partial charge in [0.25, 0.3) is 0 Å². The van der Waals surface area contributed by atoms with Crippen molar-refractivity contribution < 1.29 is 14.1 Å². The molecule has 6 nitrogen and oxygen atoms in total. The zero-order valence-electron chi connectivity index (χ0n) is 11.7. The average molecular weight is 267 g/mol. The van der Waals surface area contributed by atoms with E-state index in [0.717, 1.165) is 23.4 Å². The van der Waals surface area contributed by atoms with E-state index in [9.17, 15) is 9.59 Å². The van der Waals surface area contributed by atoms with Crippen molar-refractivity contribution in [3.8, 4) is 0 Å². The summed E-state index contributed by atoms with van der Waals surface area (Å²) in [4.78, 5) is 22.9. The van der Waals surface area contributed by atoms with Gasteiger partial charge in [-0.1, -0.05) is 12.1 Å². The van der Waals surface area contributed by atoms with Crippen LogP contribution < -0.4 is 10.6 Å². The highest BCUT2D eigenvalue weighted by Crippen LogP contribution is 2.13. The lowest BCUT2D eigenvalue weighted by molar-refractivity contribution is -0.126. The minimum absolute atomic E-state index is 0.0282. The van der Waals surface area contributed by atoms with Gasteiger partial charge in [-0.3, -0.25) is 9.59 Å². The van der Waals surface area contributed by atoms with Gasteiger partial charge in [0.1, 0.15) is 5.76 Å². The minimum Gasteiger partial charge on any atom is -0.361 e. The summed E-state index contributed by atoms with van der Waals surface area (Å²) in [6.45, 7) is 6.31. The van der Waals surface area contributed by atoms with Gasteiger partial charge in [0, 0.05) is 18.5 Å². The first-order chi connectivity index (χ1) is 9.04. The van der Waals surface area contributed by atoms with E-state index in [0.29, 0.717) is 19.4 Å². The Labute approximate surface area is 112 Å². The van der Waals surface area contributed by atoms with Gasteiger partial charge in [-0.25, -0.2) is 0 Å². The third kappa shape index (κ3) is 5.11. The van der Waals surface area contributed by atoms with Gasteiger partial charge >= 0.3 is 0 Å². The van der Waals surface area contributed by atoms with Crippen molar-refractivity contribution in [2.24, 2.45) is 0 Å². The highest BCUT2D eigenvalue weighted by molar-refractivity contribution is 5.84. The molecular formula is C13H21N3O3. The van der Waals surface area contributed by atoms with Crippen LogP contribution in [0.2, 0.25) is 0 Å². The fraction of sp³-hybridized carbons (Fsp3) is 0.615. The summed E-state index contributed by atoms with van der Waals surface area (Å²) >= 11 is 0. The molecule has 0 bridgehead atoms. The number of aryl methyl sites for hydroxylation is 2. The van der Waals surface area contributed by atoms with Crippen LogP contribution in [0.5, 0.6) is 0 Å². The summed E-state index contributed by atoms with van der Waals surface area (Å²) in [6.07, 6.45) is 1.78. The van der Waals surface area contributed by atoms with Crippen LogP contribution in [0.25, 0.3) is 0 Å². The number of hydrogen-bond acceptors (Lipinski definition) is 4. The summed E-state index contributed by atoms with van der Waals surface area (Å²) in [7, 11) is 0. The Morgan fingerprint density at radius 3 is 2.53 bits per heavy atom. The molecule has 19 heavy (non-hydrogen) atoms. The molecule has 1 rings (SSSR count). The summed E-state index contributed by atoms with van der Waals surface area (Å²) in [5.74, 6) is 0.435. The predicted molar refractivity (Wildman–Crippen MR) is 70.6 cm³/mol. The van der Waals surface area contributed by atoms with E-state index in [1.807, 2.05) is 20.8 Å². The molecule has 0 atom stereocenters. The van der Waals surface area contributed by atoms with Crippen molar-refractivity contribution in [3.05, 3.63) is 17.0 Å². The van der Waals surface area contributed by atoms with Crippen LogP contribution in [0.3, 0.4) is 0 Å². The van der Waals surface area contributed by atoms with Gasteiger partial charge in [0.15, 0.2) is 0 Å². The molecule has 0 aliphatic rings. The number of nitrogens with zero attached hydrogens (tertiary/aromatic N) is 1. The topological polar surface area (TPSA) is 84.2 Å². The average Bonchev–Trinajstić information content (AvgIpc) is 2.71. The summed E-state index contributed by atoms with van der Waals surface area (Å²) in [6, 6.07) is 0. The Kier molecular flexibility index (Phi) is 6.05. The van der Waals surface area contributed by atoms with E-state index in [2.05, 4.69) is 15.8 Å². The molecule has 1 aromatic rings. The Morgan fingerprint density at radius 1 is 1.21 bits per heavy atom. The molecule has 1 heterocycles. The van der Waals surface area contributed by atoms with Crippen LogP contribution in [-0.4, -0.2) is 30.1 Å². The van der Waals surface area contributed by atoms with Crippen molar-refractivity contribution in [3.63, 3.8) is 0 Å². The molecule has 2 amide bonds. The van der Waals surface area contributed by atoms with Crippen molar-refractivity contribution in [2.45, 2.75) is 40.0 Å². The van der Waals surface area contributed by atoms with E-state index in [-0.39, 0.29) is 18.4 Å². The standard InChI is InChI=1S/C13H21N3O3/c1-4-7-14-13(18)8-15-12(17)6-5-11-9(2)16-19-10(11)3/h4-8H2,1-3H3,(H,14,18)(H,15,17). The molecule has 0 aromatic carbocycles. The number of aromatic nitrogens is 1. The highest BCUT2D eigenvalue weighted by atomic mass is 16.5. The van der Waals surface area contributed by atoms with E-state index < -0.39 is 0 Å². The second-order valence-corrected chi connectivity index (χ2v) is 4.43. The van der Waals surface area contributed by atoms with Gasteiger partial charge in [0.05, 0.1) is 12.2 Å². The second-order valence-electron chi connectivity index (χ2n) is 4.43. The lowest BCUT2D eigenvalue weighted by atomic mass is 10.1. The molecular weight excluding hydrogens is 246 g/mol. The molecule has 2 N–H and O–H groups in total. The zero-order valence-corrected chi connectivity index (χ0v) is 11.7. The Bertz CT molecular complexity index is 421. The minimum atomic E-state index is -0.160. The largest absolute Gasteiger partial charge is 0.361 e. The third-order valence-corrected chi connectivity index (χ3v) is 2.80. The third-order valence-electron chi connectivity index (χ3n) is 2.80. The first-order valence-electron chi connectivity index (χ1n) is 6.49. The molecule has 0 saturated heterocycles. The predicted octanol–water partition coefficient (Wildman–Crippen LogP) is 0.866. The van der Waals surface area contributed by atoms with Crippen molar-refractivity contribution in [1.29, 1.82) is 0 Å². The maximum atomic E-state index is 11.6. The van der Waals surface area contributed by atoms with Crippen LogP contribution >= 0.6 is 0 Å². The van der Waals surface area contributed by atoms with Crippen molar-refractivity contribution in [2.75, 3.05) is 13.1 Å². The summed E-state index contributed by atoms with van der Waals surface area (Å²) in [5, 5.41) is 9.12. The monoisotopic (exact) mass is 267 g/mol. The van der Waals surface area contributed by atoms with Gasteiger partial charge in [0.2, 0.25) is 11.8 Å². The fourth-order valence-electron chi connectivity index (χ4n) is 1.69. The highest BCUT2D eigenvalue weighted by Gasteiger charge is 2.11. The van der Waals surface area contributed by atoms with Crippen molar-refractivity contribution in [1.82, 2.24) is 15.8 Å². The molecule has 0 spiro atoms. The molecule has 0 aliphatic carbocycles. The SMILES string of the molecule is CCCNC(=O)CNC(=O)CCc1c(C)noc1C. The lowest BCUT2D eigenvalue weighted by Gasteiger charge is -2.05. The number of carbonyl (C=O) groups is 2. The van der Waals surface area contributed by atoms with Crippen LogP contribution in [0, 0.1) is 13.8 Å². The number of nitrogens with one attached hydrogen (secondary N) is 2. The smallest absolute Gasteiger partial charge is 0.239 e. The number of rotatable bonds is 7. The summed E-state index contributed by atoms with van der Waals surface area (Å²) in [5.41, 5.74) is 1.77. The molecule has 0 radical (unpaired) electrons. The van der Waals surface area contributed by atoms with Crippen LogP contribution in [-0.2, 0) is 16.0 Å². The molecule has 0 saturated carbocycles. The molecule has 6 heteroatoms. The van der Waals surface area contributed by atoms with E-state index in [1.165, 1.54) is 0 Å². The molecule has 0 aliphatic heterocycles. The van der Waals surface area contributed by atoms with E-state index >= 15 is 0 Å². The fourth-order valence-corrected chi connectivity index (χ4v) is 1.69. The zero-order chi connectivity index (χ0) is 14.3. The summed E-state index contributed by atoms with van der Waals surface area (Å²) < 4.78 is 5.02. The van der Waals surface area contributed by atoms with Gasteiger partial charge in [-0.05, 0) is 26.7 Å². The van der Waals surface area contributed by atoms with Crippen LogP contribution in [0.1, 0.15) is 36.8 Å². The van der Waals surface area contributed by atoms with Crippen LogP contribution in [0.4, 0.5) is 0 Å². The second kappa shape index (κ2) is 7.56. The lowest BCUT2D eigenvalue weighted by Crippen LogP contribution is -2.37. The van der Waals surface area contributed by atoms with Gasteiger partial charge in [-0.2, -0.15) is 0 Å². The Hall–Kier alpha value is -1.85. The van der Waals surface area contributed by atoms with E-state index in [4.69, 9.17) is 4.52 Å². The van der Waals surface area contributed by atoms with E-state index in [1.54, 1.807) is 0 Å². The molecule has 0 unspecified atom stereocenters. The molecule has 106 valence electrons. The molecule has 1 aromatic heterocycles. The quantitative estimate of drug-likeness (QED) is 0.767. The van der Waals surface area contributed by atoms with Gasteiger partial charge < -0.3 is 15.2 Å². The maximum absolute atomic E-state index is 11.6. The van der Waals surface area contributed by atoms with Crippen LogP contribution in [0.15, 0.2) is 4.52 Å². The number of amides is 2. The normalized spacial score (nSPS) is 10.3. The Balaban J connectivity index is 2.27. The maximum Gasteiger partial charge on any atom is 0.239 e. The van der Waals surface area contributed by atoms with Crippen molar-refractivity contribution >= 4 is 11.8 Å². The first kappa shape index (κ1) is 15.2. The number of carbonyl (C=O) groups excluding carboxylic acids is 2. The Morgan fingerprint density at radius 2 is 1.95 bits per heavy atom. The molecule has 0 fully saturated rings. The van der Waals surface area contributed by atoms with Gasteiger partial charge in [-0.15, -0.1) is 0 Å².